The molecule has 0 aromatic heterocycles. The first-order chi connectivity index (χ1) is 7.65. The second kappa shape index (κ2) is 5.25. The van der Waals surface area contributed by atoms with Crippen LogP contribution in [0.25, 0.3) is 0 Å². The molecule has 1 heterocycles. The van der Waals surface area contributed by atoms with Crippen LogP contribution in [0.1, 0.15) is 18.4 Å². The molecule has 1 aromatic carbocycles. The molecule has 2 rings (SSSR count). The van der Waals surface area contributed by atoms with Gasteiger partial charge in [0.25, 0.3) is 0 Å². The number of piperidine rings is 1. The van der Waals surface area contributed by atoms with Crippen molar-refractivity contribution in [1.82, 2.24) is 4.90 Å². The fourth-order valence-electron chi connectivity index (χ4n) is 1.98. The standard InChI is InChI=1S/C12H15BrFNO/c13-12-2-1-10(14)7-9(12)8-15-5-3-11(16)4-6-15/h1-2,7,11,16H,3-6,8H2. The third-order valence-electron chi connectivity index (χ3n) is 2.96. The molecule has 1 N–H and O–H groups in total. The predicted octanol–water partition coefficient (Wildman–Crippen LogP) is 2.54. The number of benzene rings is 1. The van der Waals surface area contributed by atoms with Crippen molar-refractivity contribution in [2.24, 2.45) is 0 Å². The summed E-state index contributed by atoms with van der Waals surface area (Å²) >= 11 is 3.43. The van der Waals surface area contributed by atoms with Gasteiger partial charge in [-0.05, 0) is 36.6 Å². The Kier molecular flexibility index (Phi) is 3.95. The van der Waals surface area contributed by atoms with Crippen LogP contribution in [0.2, 0.25) is 0 Å². The minimum Gasteiger partial charge on any atom is -0.393 e. The minimum atomic E-state index is -0.199. The lowest BCUT2D eigenvalue weighted by molar-refractivity contribution is 0.0791. The van der Waals surface area contributed by atoms with Gasteiger partial charge in [-0.2, -0.15) is 0 Å². The number of nitrogens with zero attached hydrogens (tertiary/aromatic N) is 1. The van der Waals surface area contributed by atoms with Crippen LogP contribution in [0.3, 0.4) is 0 Å². The Bertz CT molecular complexity index is 364. The smallest absolute Gasteiger partial charge is 0.123 e. The molecular weight excluding hydrogens is 273 g/mol. The van der Waals surface area contributed by atoms with Crippen molar-refractivity contribution in [2.75, 3.05) is 13.1 Å². The maximum Gasteiger partial charge on any atom is 0.123 e. The maximum absolute atomic E-state index is 13.1. The number of aliphatic hydroxyl groups excluding tert-OH is 1. The van der Waals surface area contributed by atoms with Crippen LogP contribution in [0.15, 0.2) is 22.7 Å². The largest absolute Gasteiger partial charge is 0.393 e. The quantitative estimate of drug-likeness (QED) is 0.904. The number of rotatable bonds is 2. The van der Waals surface area contributed by atoms with Crippen LogP contribution in [0, 0.1) is 5.82 Å². The van der Waals surface area contributed by atoms with Gasteiger partial charge in [0.05, 0.1) is 6.10 Å². The molecule has 0 radical (unpaired) electrons. The normalized spacial score (nSPS) is 18.9. The molecule has 0 bridgehead atoms. The molecule has 2 nitrogen and oxygen atoms in total. The van der Waals surface area contributed by atoms with E-state index in [2.05, 4.69) is 20.8 Å². The van der Waals surface area contributed by atoms with Gasteiger partial charge in [0.15, 0.2) is 0 Å². The lowest BCUT2D eigenvalue weighted by Gasteiger charge is -2.29. The Labute approximate surface area is 103 Å². The molecular formula is C12H15BrFNO. The first-order valence-corrected chi connectivity index (χ1v) is 6.29. The van der Waals surface area contributed by atoms with Gasteiger partial charge >= 0.3 is 0 Å². The molecule has 16 heavy (non-hydrogen) atoms. The van der Waals surface area contributed by atoms with Crippen molar-refractivity contribution in [3.63, 3.8) is 0 Å². The third kappa shape index (κ3) is 3.03. The number of aliphatic hydroxyl groups is 1. The van der Waals surface area contributed by atoms with E-state index >= 15 is 0 Å². The average molecular weight is 288 g/mol. The van der Waals surface area contributed by atoms with Gasteiger partial charge in [-0.1, -0.05) is 15.9 Å². The van der Waals surface area contributed by atoms with Crippen molar-refractivity contribution in [3.05, 3.63) is 34.1 Å². The van der Waals surface area contributed by atoms with Crippen LogP contribution in [-0.4, -0.2) is 29.2 Å². The maximum atomic E-state index is 13.1. The number of hydrogen-bond donors (Lipinski definition) is 1. The lowest BCUT2D eigenvalue weighted by Crippen LogP contribution is -2.35. The molecule has 4 heteroatoms. The van der Waals surface area contributed by atoms with Crippen molar-refractivity contribution >= 4 is 15.9 Å². The van der Waals surface area contributed by atoms with Crippen LogP contribution in [-0.2, 0) is 6.54 Å². The zero-order valence-electron chi connectivity index (χ0n) is 9.00. The van der Waals surface area contributed by atoms with E-state index in [1.54, 1.807) is 12.1 Å². The fourth-order valence-corrected chi connectivity index (χ4v) is 2.35. The minimum absolute atomic E-state index is 0.160. The van der Waals surface area contributed by atoms with Gasteiger partial charge in [0.1, 0.15) is 5.82 Å². The highest BCUT2D eigenvalue weighted by Gasteiger charge is 2.17. The summed E-state index contributed by atoms with van der Waals surface area (Å²) in [6.45, 7) is 2.50. The summed E-state index contributed by atoms with van der Waals surface area (Å²) in [4.78, 5) is 2.24. The molecule has 0 amide bonds. The van der Waals surface area contributed by atoms with Crippen LogP contribution >= 0.6 is 15.9 Å². The van der Waals surface area contributed by atoms with Crippen LogP contribution in [0.4, 0.5) is 4.39 Å². The van der Waals surface area contributed by atoms with E-state index < -0.39 is 0 Å². The Morgan fingerprint density at radius 1 is 1.38 bits per heavy atom. The van der Waals surface area contributed by atoms with E-state index in [0.29, 0.717) is 0 Å². The highest BCUT2D eigenvalue weighted by atomic mass is 79.9. The number of hydrogen-bond acceptors (Lipinski definition) is 2. The zero-order chi connectivity index (χ0) is 11.5. The highest BCUT2D eigenvalue weighted by Crippen LogP contribution is 2.21. The van der Waals surface area contributed by atoms with Gasteiger partial charge in [-0.25, -0.2) is 4.39 Å². The monoisotopic (exact) mass is 287 g/mol. The van der Waals surface area contributed by atoms with Crippen molar-refractivity contribution in [1.29, 1.82) is 0 Å². The Morgan fingerprint density at radius 2 is 2.06 bits per heavy atom. The topological polar surface area (TPSA) is 23.5 Å². The zero-order valence-corrected chi connectivity index (χ0v) is 10.6. The summed E-state index contributed by atoms with van der Waals surface area (Å²) in [6, 6.07) is 4.76. The van der Waals surface area contributed by atoms with Crippen LogP contribution < -0.4 is 0 Å². The molecule has 1 aromatic rings. The van der Waals surface area contributed by atoms with E-state index in [4.69, 9.17) is 0 Å². The second-order valence-electron chi connectivity index (χ2n) is 4.24. The number of halogens is 2. The molecule has 0 saturated carbocycles. The van der Waals surface area contributed by atoms with E-state index in [-0.39, 0.29) is 11.9 Å². The predicted molar refractivity (Wildman–Crippen MR) is 64.6 cm³/mol. The summed E-state index contributed by atoms with van der Waals surface area (Å²) in [5, 5.41) is 9.40. The molecule has 0 unspecified atom stereocenters. The summed E-state index contributed by atoms with van der Waals surface area (Å²) in [6.07, 6.45) is 1.46. The third-order valence-corrected chi connectivity index (χ3v) is 3.73. The molecule has 88 valence electrons. The summed E-state index contributed by atoms with van der Waals surface area (Å²) < 4.78 is 14.0. The lowest BCUT2D eigenvalue weighted by atomic mass is 10.1. The summed E-state index contributed by atoms with van der Waals surface area (Å²) in [5.41, 5.74) is 0.969. The average Bonchev–Trinajstić information content (AvgIpc) is 2.27. The first-order valence-electron chi connectivity index (χ1n) is 5.49. The van der Waals surface area contributed by atoms with Gasteiger partial charge < -0.3 is 5.11 Å². The van der Waals surface area contributed by atoms with Crippen molar-refractivity contribution < 1.29 is 9.50 Å². The Morgan fingerprint density at radius 3 is 2.75 bits per heavy atom. The Balaban J connectivity index is 2.00. The summed E-state index contributed by atoms with van der Waals surface area (Å²) in [7, 11) is 0. The molecule has 1 aliphatic heterocycles. The number of likely N-dealkylation sites (tertiary alicyclic amines) is 1. The van der Waals surface area contributed by atoms with Crippen LogP contribution in [0.5, 0.6) is 0 Å². The molecule has 1 saturated heterocycles. The van der Waals surface area contributed by atoms with E-state index in [1.807, 2.05) is 0 Å². The highest BCUT2D eigenvalue weighted by molar-refractivity contribution is 9.10. The molecule has 0 atom stereocenters. The second-order valence-corrected chi connectivity index (χ2v) is 5.10. The Hall–Kier alpha value is -0.450. The van der Waals surface area contributed by atoms with E-state index in [0.717, 1.165) is 42.5 Å². The van der Waals surface area contributed by atoms with Gasteiger partial charge in [0, 0.05) is 24.1 Å². The van der Waals surface area contributed by atoms with Gasteiger partial charge in [-0.15, -0.1) is 0 Å². The molecule has 1 aliphatic rings. The molecule has 1 fully saturated rings. The van der Waals surface area contributed by atoms with Crippen molar-refractivity contribution in [2.45, 2.75) is 25.5 Å². The fraction of sp³-hybridized carbons (Fsp3) is 0.500. The molecule has 0 spiro atoms. The van der Waals surface area contributed by atoms with E-state index in [9.17, 15) is 9.50 Å². The first kappa shape index (κ1) is 12.0. The summed E-state index contributed by atoms with van der Waals surface area (Å²) in [5.74, 6) is -0.199. The van der Waals surface area contributed by atoms with Gasteiger partial charge in [-0.3, -0.25) is 4.90 Å². The van der Waals surface area contributed by atoms with Crippen molar-refractivity contribution in [3.8, 4) is 0 Å². The molecule has 0 aliphatic carbocycles. The SMILES string of the molecule is OC1CCN(Cc2cc(F)ccc2Br)CC1. The van der Waals surface area contributed by atoms with E-state index in [1.165, 1.54) is 6.07 Å². The van der Waals surface area contributed by atoms with Gasteiger partial charge in [0.2, 0.25) is 0 Å².